The maximum absolute atomic E-state index is 13.8. The summed E-state index contributed by atoms with van der Waals surface area (Å²) in [5.74, 6) is -0.0347. The van der Waals surface area contributed by atoms with Crippen LogP contribution in [-0.2, 0) is 0 Å². The number of ketones is 1. The van der Waals surface area contributed by atoms with Crippen LogP contribution >= 0.6 is 22.9 Å². The third kappa shape index (κ3) is 3.14. The quantitative estimate of drug-likeness (QED) is 0.467. The molecule has 4 aromatic rings. The van der Waals surface area contributed by atoms with Crippen molar-refractivity contribution in [3.63, 3.8) is 0 Å². The number of fused-ring (bicyclic) bond motifs is 1. The first kappa shape index (κ1) is 16.6. The van der Waals surface area contributed by atoms with Crippen LogP contribution in [0.4, 0.5) is 4.39 Å². The molecule has 0 amide bonds. The molecule has 8 heteroatoms. The van der Waals surface area contributed by atoms with Crippen molar-refractivity contribution in [3.8, 4) is 11.6 Å². The fourth-order valence-electron chi connectivity index (χ4n) is 2.30. The summed E-state index contributed by atoms with van der Waals surface area (Å²) in [4.78, 5) is 24.7. The first-order chi connectivity index (χ1) is 12.6. The van der Waals surface area contributed by atoms with Crippen molar-refractivity contribution in [1.29, 1.82) is 0 Å². The molecule has 0 radical (unpaired) electrons. The number of carbonyl (C=O) groups is 1. The second-order valence-corrected chi connectivity index (χ2v) is 6.57. The van der Waals surface area contributed by atoms with Crippen molar-refractivity contribution in [3.05, 3.63) is 76.4 Å². The lowest BCUT2D eigenvalue weighted by atomic mass is 10.1. The van der Waals surface area contributed by atoms with Crippen molar-refractivity contribution in [2.45, 2.75) is 0 Å². The number of ether oxygens (including phenoxy) is 1. The van der Waals surface area contributed by atoms with Gasteiger partial charge >= 0.3 is 0 Å². The van der Waals surface area contributed by atoms with Gasteiger partial charge in [-0.25, -0.2) is 19.3 Å². The fraction of sp³-hybridized carbons (Fsp3) is 0. The smallest absolute Gasteiger partial charge is 0.257 e. The number of halogens is 2. The van der Waals surface area contributed by atoms with E-state index in [0.29, 0.717) is 21.5 Å². The SMILES string of the molecule is O=C(c1ccc(Oc2nccnc2Cl)cc1)c1nc2cccc(F)c2s1. The van der Waals surface area contributed by atoms with Crippen LogP contribution in [0, 0.1) is 5.82 Å². The largest absolute Gasteiger partial charge is 0.436 e. The molecule has 0 saturated heterocycles. The summed E-state index contributed by atoms with van der Waals surface area (Å²) in [6.45, 7) is 0. The van der Waals surface area contributed by atoms with E-state index in [-0.39, 0.29) is 27.6 Å². The predicted octanol–water partition coefficient (Wildman–Crippen LogP) is 4.90. The molecule has 0 unspecified atom stereocenters. The first-order valence-corrected chi connectivity index (χ1v) is 8.65. The van der Waals surface area contributed by atoms with Crippen LogP contribution in [0.3, 0.4) is 0 Å². The molecule has 0 aliphatic carbocycles. The summed E-state index contributed by atoms with van der Waals surface area (Å²) in [5.41, 5.74) is 0.887. The van der Waals surface area contributed by atoms with E-state index in [0.717, 1.165) is 11.3 Å². The van der Waals surface area contributed by atoms with Crippen LogP contribution in [0.1, 0.15) is 15.4 Å². The van der Waals surface area contributed by atoms with Crippen LogP contribution in [0.15, 0.2) is 54.9 Å². The monoisotopic (exact) mass is 385 g/mol. The van der Waals surface area contributed by atoms with Crippen molar-refractivity contribution in [2.24, 2.45) is 0 Å². The Morgan fingerprint density at radius 1 is 1.08 bits per heavy atom. The lowest BCUT2D eigenvalue weighted by Gasteiger charge is -2.05. The Balaban J connectivity index is 1.58. The Morgan fingerprint density at radius 3 is 2.58 bits per heavy atom. The summed E-state index contributed by atoms with van der Waals surface area (Å²) < 4.78 is 19.7. The molecule has 0 fully saturated rings. The van der Waals surface area contributed by atoms with E-state index in [4.69, 9.17) is 16.3 Å². The molecule has 0 aliphatic rings. The van der Waals surface area contributed by atoms with Gasteiger partial charge in [0.05, 0.1) is 10.2 Å². The molecule has 2 aromatic heterocycles. The van der Waals surface area contributed by atoms with E-state index >= 15 is 0 Å². The van der Waals surface area contributed by atoms with Gasteiger partial charge in [-0.05, 0) is 36.4 Å². The first-order valence-electron chi connectivity index (χ1n) is 7.46. The van der Waals surface area contributed by atoms with E-state index in [1.807, 2.05) is 0 Å². The normalized spacial score (nSPS) is 10.8. The summed E-state index contributed by atoms with van der Waals surface area (Å²) in [5, 5.41) is 0.375. The molecular formula is C18H9ClFN3O2S. The molecule has 26 heavy (non-hydrogen) atoms. The predicted molar refractivity (Wildman–Crippen MR) is 96.6 cm³/mol. The Bertz CT molecular complexity index is 1120. The lowest BCUT2D eigenvalue weighted by molar-refractivity contribution is 0.103. The molecule has 2 heterocycles. The minimum atomic E-state index is -0.386. The summed E-state index contributed by atoms with van der Waals surface area (Å²) >= 11 is 6.93. The summed E-state index contributed by atoms with van der Waals surface area (Å²) in [6, 6.07) is 11.0. The van der Waals surface area contributed by atoms with Crippen molar-refractivity contribution in [2.75, 3.05) is 0 Å². The van der Waals surface area contributed by atoms with Gasteiger partial charge in [-0.1, -0.05) is 17.7 Å². The Kier molecular flexibility index (Phi) is 4.32. The number of hydrogen-bond acceptors (Lipinski definition) is 6. The van der Waals surface area contributed by atoms with Gasteiger partial charge in [-0.2, -0.15) is 0 Å². The third-order valence-electron chi connectivity index (χ3n) is 3.52. The second-order valence-electron chi connectivity index (χ2n) is 5.21. The maximum Gasteiger partial charge on any atom is 0.257 e. The van der Waals surface area contributed by atoms with Crippen molar-refractivity contribution < 1.29 is 13.9 Å². The minimum absolute atomic E-state index is 0.143. The number of aromatic nitrogens is 3. The molecule has 4 rings (SSSR count). The van der Waals surface area contributed by atoms with Crippen LogP contribution < -0.4 is 4.74 Å². The van der Waals surface area contributed by atoms with Gasteiger partial charge in [0.15, 0.2) is 10.2 Å². The molecule has 0 N–H and O–H groups in total. The molecule has 0 spiro atoms. The number of rotatable bonds is 4. The number of carbonyl (C=O) groups excluding carboxylic acids is 1. The van der Waals surface area contributed by atoms with E-state index in [9.17, 15) is 9.18 Å². The summed E-state index contributed by atoms with van der Waals surface area (Å²) in [6.07, 6.45) is 2.92. The second kappa shape index (κ2) is 6.78. The maximum atomic E-state index is 13.8. The standard InChI is InChI=1S/C18H9ClFN3O2S/c19-16-17(22-9-8-21-16)25-11-6-4-10(5-7-11)14(24)18-23-13-3-1-2-12(20)15(13)26-18/h1-9H. The Morgan fingerprint density at radius 2 is 1.85 bits per heavy atom. The van der Waals surface area contributed by atoms with Crippen molar-refractivity contribution in [1.82, 2.24) is 15.0 Å². The van der Waals surface area contributed by atoms with E-state index < -0.39 is 0 Å². The lowest BCUT2D eigenvalue weighted by Crippen LogP contribution is -2.00. The topological polar surface area (TPSA) is 65.0 Å². The van der Waals surface area contributed by atoms with Gasteiger partial charge in [-0.15, -0.1) is 11.3 Å². The fourth-order valence-corrected chi connectivity index (χ4v) is 3.37. The highest BCUT2D eigenvalue weighted by Crippen LogP contribution is 2.28. The number of nitrogens with zero attached hydrogens (tertiary/aromatic N) is 3. The summed E-state index contributed by atoms with van der Waals surface area (Å²) in [7, 11) is 0. The molecule has 0 saturated carbocycles. The van der Waals surface area contributed by atoms with E-state index in [1.165, 1.54) is 18.5 Å². The van der Waals surface area contributed by atoms with Gasteiger partial charge < -0.3 is 4.74 Å². The number of thiazole rings is 1. The van der Waals surface area contributed by atoms with E-state index in [2.05, 4.69) is 15.0 Å². The minimum Gasteiger partial charge on any atom is -0.436 e. The van der Waals surface area contributed by atoms with Crippen LogP contribution in [0.25, 0.3) is 10.2 Å². The molecule has 0 bridgehead atoms. The highest BCUT2D eigenvalue weighted by Gasteiger charge is 2.16. The highest BCUT2D eigenvalue weighted by molar-refractivity contribution is 7.20. The molecule has 5 nitrogen and oxygen atoms in total. The van der Waals surface area contributed by atoms with Gasteiger partial charge in [-0.3, -0.25) is 4.79 Å². The molecule has 0 atom stereocenters. The third-order valence-corrected chi connectivity index (χ3v) is 4.85. The molecule has 128 valence electrons. The molecular weight excluding hydrogens is 377 g/mol. The van der Waals surface area contributed by atoms with Crippen LogP contribution in [0.5, 0.6) is 11.6 Å². The van der Waals surface area contributed by atoms with Crippen molar-refractivity contribution >= 4 is 38.9 Å². The molecule has 0 aliphatic heterocycles. The Hall–Kier alpha value is -2.90. The van der Waals surface area contributed by atoms with Crippen LogP contribution in [0.2, 0.25) is 5.15 Å². The van der Waals surface area contributed by atoms with Crippen LogP contribution in [-0.4, -0.2) is 20.7 Å². The molecule has 2 aromatic carbocycles. The van der Waals surface area contributed by atoms with Gasteiger partial charge in [0, 0.05) is 18.0 Å². The van der Waals surface area contributed by atoms with Gasteiger partial charge in [0.1, 0.15) is 11.6 Å². The highest BCUT2D eigenvalue weighted by atomic mass is 35.5. The van der Waals surface area contributed by atoms with Gasteiger partial charge in [0.2, 0.25) is 5.78 Å². The zero-order chi connectivity index (χ0) is 18.1. The number of benzene rings is 2. The van der Waals surface area contributed by atoms with E-state index in [1.54, 1.807) is 36.4 Å². The van der Waals surface area contributed by atoms with Gasteiger partial charge in [0.25, 0.3) is 5.88 Å². The average molecular weight is 386 g/mol. The zero-order valence-corrected chi connectivity index (χ0v) is 14.6. The zero-order valence-electron chi connectivity index (χ0n) is 13.0. The number of hydrogen-bond donors (Lipinski definition) is 0. The Labute approximate surface area is 156 Å². The average Bonchev–Trinajstić information content (AvgIpc) is 3.09.